The Morgan fingerprint density at radius 2 is 2.00 bits per heavy atom. The van der Waals surface area contributed by atoms with Crippen LogP contribution in [0.25, 0.3) is 0 Å². The molecule has 2 rings (SSSR count). The Bertz CT molecular complexity index is 415. The number of hydrogen-bond donors (Lipinski definition) is 0. The van der Waals surface area contributed by atoms with Gasteiger partial charge < -0.3 is 9.47 Å². The maximum Gasteiger partial charge on any atom is 0.338 e. The Morgan fingerprint density at radius 1 is 1.37 bits per heavy atom. The molecule has 0 bridgehead atoms. The van der Waals surface area contributed by atoms with Crippen molar-refractivity contribution < 1.29 is 14.3 Å². The number of rotatable bonds is 4. The summed E-state index contributed by atoms with van der Waals surface area (Å²) in [6, 6.07) is 7.19. The summed E-state index contributed by atoms with van der Waals surface area (Å²) in [5.41, 5.74) is 0.581. The molecule has 4 nitrogen and oxygen atoms in total. The fraction of sp³-hybridized carbons (Fsp3) is 0.500. The van der Waals surface area contributed by atoms with Gasteiger partial charge in [-0.1, -0.05) is 15.9 Å². The molecule has 1 aromatic rings. The third-order valence-electron chi connectivity index (χ3n) is 3.01. The fourth-order valence-corrected chi connectivity index (χ4v) is 2.29. The average molecular weight is 328 g/mol. The first kappa shape index (κ1) is 14.5. The first-order valence-corrected chi connectivity index (χ1v) is 7.21. The van der Waals surface area contributed by atoms with Crippen molar-refractivity contribution in [1.82, 2.24) is 4.90 Å². The monoisotopic (exact) mass is 327 g/mol. The summed E-state index contributed by atoms with van der Waals surface area (Å²) in [4.78, 5) is 14.2. The highest BCUT2D eigenvalue weighted by Crippen LogP contribution is 2.12. The molecule has 5 heteroatoms. The number of halogens is 1. The minimum absolute atomic E-state index is 0.116. The van der Waals surface area contributed by atoms with E-state index in [1.807, 2.05) is 19.1 Å². The summed E-state index contributed by atoms with van der Waals surface area (Å²) >= 11 is 3.34. The molecule has 0 N–H and O–H groups in total. The van der Waals surface area contributed by atoms with E-state index < -0.39 is 0 Å². The van der Waals surface area contributed by atoms with E-state index in [1.54, 1.807) is 12.1 Å². The summed E-state index contributed by atoms with van der Waals surface area (Å²) in [6.45, 7) is 6.00. The summed E-state index contributed by atoms with van der Waals surface area (Å²) in [6.07, 6.45) is -0.116. The van der Waals surface area contributed by atoms with E-state index in [9.17, 15) is 4.79 Å². The Balaban J connectivity index is 1.82. The topological polar surface area (TPSA) is 38.8 Å². The van der Waals surface area contributed by atoms with Crippen molar-refractivity contribution in [3.8, 4) is 0 Å². The molecule has 0 radical (unpaired) electrons. The molecular formula is C14H18BrNO3. The molecule has 1 aliphatic heterocycles. The number of ether oxygens (including phenoxy) is 2. The predicted octanol–water partition coefficient (Wildman–Crippen LogP) is 2.33. The van der Waals surface area contributed by atoms with Gasteiger partial charge in [-0.25, -0.2) is 4.79 Å². The van der Waals surface area contributed by atoms with Gasteiger partial charge in [0.15, 0.2) is 0 Å². The van der Waals surface area contributed by atoms with Gasteiger partial charge in [0.25, 0.3) is 0 Å². The third-order valence-corrected chi connectivity index (χ3v) is 3.54. The zero-order valence-corrected chi connectivity index (χ0v) is 12.6. The molecule has 104 valence electrons. The highest BCUT2D eigenvalue weighted by Gasteiger charge is 2.17. The molecule has 1 atom stereocenters. The van der Waals surface area contributed by atoms with E-state index in [1.165, 1.54) is 0 Å². The molecule has 19 heavy (non-hydrogen) atoms. The molecule has 1 fully saturated rings. The summed E-state index contributed by atoms with van der Waals surface area (Å²) in [5.74, 6) is -0.270. The van der Waals surface area contributed by atoms with Gasteiger partial charge in [0.2, 0.25) is 0 Å². The van der Waals surface area contributed by atoms with Crippen LogP contribution >= 0.6 is 15.9 Å². The van der Waals surface area contributed by atoms with Gasteiger partial charge >= 0.3 is 5.97 Å². The minimum Gasteiger partial charge on any atom is -0.458 e. The lowest BCUT2D eigenvalue weighted by atomic mass is 10.2. The largest absolute Gasteiger partial charge is 0.458 e. The number of carbonyl (C=O) groups excluding carboxylic acids is 1. The van der Waals surface area contributed by atoms with Crippen molar-refractivity contribution in [3.05, 3.63) is 34.3 Å². The second-order valence-electron chi connectivity index (χ2n) is 4.64. The molecule has 0 aromatic heterocycles. The van der Waals surface area contributed by atoms with Crippen LogP contribution in [-0.2, 0) is 9.47 Å². The first-order chi connectivity index (χ1) is 9.15. The van der Waals surface area contributed by atoms with Crippen molar-refractivity contribution in [3.63, 3.8) is 0 Å². The van der Waals surface area contributed by atoms with E-state index in [2.05, 4.69) is 20.8 Å². The van der Waals surface area contributed by atoms with Gasteiger partial charge in [0.05, 0.1) is 18.8 Å². The van der Waals surface area contributed by atoms with Crippen LogP contribution in [0.1, 0.15) is 17.3 Å². The zero-order chi connectivity index (χ0) is 13.7. The van der Waals surface area contributed by atoms with Crippen LogP contribution in [0.4, 0.5) is 0 Å². The number of esters is 1. The van der Waals surface area contributed by atoms with Gasteiger partial charge in [-0.2, -0.15) is 0 Å². The van der Waals surface area contributed by atoms with Crippen LogP contribution in [0.15, 0.2) is 28.7 Å². The highest BCUT2D eigenvalue weighted by atomic mass is 79.9. The van der Waals surface area contributed by atoms with Crippen LogP contribution in [0.3, 0.4) is 0 Å². The fourth-order valence-electron chi connectivity index (χ4n) is 2.02. The second-order valence-corrected chi connectivity index (χ2v) is 5.55. The first-order valence-electron chi connectivity index (χ1n) is 6.42. The van der Waals surface area contributed by atoms with Crippen molar-refractivity contribution in [2.24, 2.45) is 0 Å². The van der Waals surface area contributed by atoms with E-state index in [4.69, 9.17) is 9.47 Å². The Morgan fingerprint density at radius 3 is 2.63 bits per heavy atom. The van der Waals surface area contributed by atoms with Crippen LogP contribution in [0.5, 0.6) is 0 Å². The number of carbonyl (C=O) groups is 1. The molecule has 0 spiro atoms. The second kappa shape index (κ2) is 7.03. The van der Waals surface area contributed by atoms with E-state index >= 15 is 0 Å². The minimum atomic E-state index is -0.270. The molecule has 1 aromatic carbocycles. The lowest BCUT2D eigenvalue weighted by Crippen LogP contribution is -2.41. The summed E-state index contributed by atoms with van der Waals surface area (Å²) in [7, 11) is 0. The molecule has 1 aliphatic rings. The van der Waals surface area contributed by atoms with Crippen molar-refractivity contribution in [2.75, 3.05) is 32.8 Å². The van der Waals surface area contributed by atoms with Crippen LogP contribution in [0, 0.1) is 0 Å². The lowest BCUT2D eigenvalue weighted by Gasteiger charge is -2.28. The Kier molecular flexibility index (Phi) is 5.36. The molecular weight excluding hydrogens is 310 g/mol. The van der Waals surface area contributed by atoms with Crippen molar-refractivity contribution in [2.45, 2.75) is 13.0 Å². The smallest absolute Gasteiger partial charge is 0.338 e. The van der Waals surface area contributed by atoms with Gasteiger partial charge in [0, 0.05) is 24.1 Å². The van der Waals surface area contributed by atoms with Gasteiger partial charge in [-0.05, 0) is 31.2 Å². The molecule has 1 heterocycles. The van der Waals surface area contributed by atoms with Crippen LogP contribution in [-0.4, -0.2) is 49.8 Å². The number of morpholine rings is 1. The predicted molar refractivity (Wildman–Crippen MR) is 76.3 cm³/mol. The molecule has 0 aliphatic carbocycles. The number of nitrogens with zero attached hydrogens (tertiary/aromatic N) is 1. The van der Waals surface area contributed by atoms with E-state index in [-0.39, 0.29) is 12.1 Å². The van der Waals surface area contributed by atoms with Gasteiger partial charge in [-0.3, -0.25) is 4.90 Å². The Hall–Kier alpha value is -0.910. The average Bonchev–Trinajstić information content (AvgIpc) is 2.40. The lowest BCUT2D eigenvalue weighted by molar-refractivity contribution is 0.000447. The summed E-state index contributed by atoms with van der Waals surface area (Å²) in [5, 5.41) is 0. The molecule has 0 amide bonds. The van der Waals surface area contributed by atoms with Gasteiger partial charge in [0.1, 0.15) is 6.10 Å². The maximum atomic E-state index is 11.9. The number of hydrogen-bond acceptors (Lipinski definition) is 4. The Labute approximate surface area is 121 Å². The zero-order valence-electron chi connectivity index (χ0n) is 11.0. The third kappa shape index (κ3) is 4.60. The van der Waals surface area contributed by atoms with Crippen LogP contribution in [0.2, 0.25) is 0 Å². The SMILES string of the molecule is C[C@@H](CN1CCOCC1)OC(=O)c1ccc(Br)cc1. The summed E-state index contributed by atoms with van der Waals surface area (Å²) < 4.78 is 11.7. The van der Waals surface area contributed by atoms with Gasteiger partial charge in [-0.15, -0.1) is 0 Å². The van der Waals surface area contributed by atoms with Crippen LogP contribution < -0.4 is 0 Å². The van der Waals surface area contributed by atoms with E-state index in [0.717, 1.165) is 37.3 Å². The molecule has 0 unspecified atom stereocenters. The van der Waals surface area contributed by atoms with E-state index in [0.29, 0.717) is 5.56 Å². The number of benzene rings is 1. The molecule has 1 saturated heterocycles. The van der Waals surface area contributed by atoms with Crippen molar-refractivity contribution >= 4 is 21.9 Å². The maximum absolute atomic E-state index is 11.9. The normalized spacial score (nSPS) is 18.0. The standard InChI is InChI=1S/C14H18BrNO3/c1-11(10-16-6-8-18-9-7-16)19-14(17)12-2-4-13(15)5-3-12/h2-5,11H,6-10H2,1H3/t11-/m0/s1. The molecule has 0 saturated carbocycles. The quantitative estimate of drug-likeness (QED) is 0.795. The van der Waals surface area contributed by atoms with Crippen molar-refractivity contribution in [1.29, 1.82) is 0 Å². The highest BCUT2D eigenvalue weighted by molar-refractivity contribution is 9.10.